The molecule has 7 heteroatoms. The Morgan fingerprint density at radius 3 is 2.31 bits per heavy atom. The van der Waals surface area contributed by atoms with Crippen LogP contribution in [0.15, 0.2) is 30.4 Å². The molecule has 1 aromatic rings. The van der Waals surface area contributed by atoms with Gasteiger partial charge in [-0.25, -0.2) is 0 Å². The van der Waals surface area contributed by atoms with E-state index in [0.717, 1.165) is 23.2 Å². The van der Waals surface area contributed by atoms with Gasteiger partial charge in [0.2, 0.25) is 17.7 Å². The van der Waals surface area contributed by atoms with Gasteiger partial charge in [0.1, 0.15) is 6.04 Å². The summed E-state index contributed by atoms with van der Waals surface area (Å²) in [6.45, 7) is 7.51. The van der Waals surface area contributed by atoms with Gasteiger partial charge in [0, 0.05) is 18.7 Å². The van der Waals surface area contributed by atoms with Crippen molar-refractivity contribution in [3.63, 3.8) is 0 Å². The third kappa shape index (κ3) is 4.06. The van der Waals surface area contributed by atoms with Gasteiger partial charge in [-0.15, -0.1) is 0 Å². The van der Waals surface area contributed by atoms with Gasteiger partial charge in [-0.05, 0) is 43.7 Å². The number of aliphatic hydroxyl groups is 1. The zero-order valence-electron chi connectivity index (χ0n) is 19.6. The molecule has 0 bridgehead atoms. The molecular weight excluding hydrogens is 406 g/mol. The number of nitrogens with zero attached hydrogens (tertiary/aromatic N) is 1. The van der Waals surface area contributed by atoms with Crippen LogP contribution in [0.25, 0.3) is 0 Å². The molecule has 0 radical (unpaired) electrons. The lowest BCUT2D eigenvalue weighted by Gasteiger charge is -2.34. The number of aryl methyl sites for hydroxylation is 2. The number of nitrogens with one attached hydrogen (secondary N) is 2. The van der Waals surface area contributed by atoms with E-state index in [9.17, 15) is 19.5 Å². The predicted molar refractivity (Wildman–Crippen MR) is 124 cm³/mol. The Bertz CT molecular complexity index is 888. The normalized spacial score (nSPS) is 27.8. The lowest BCUT2D eigenvalue weighted by Crippen LogP contribution is -2.50. The molecule has 174 valence electrons. The third-order valence-corrected chi connectivity index (χ3v) is 7.14. The molecule has 1 aromatic carbocycles. The number of hydrogen-bond donors (Lipinski definition) is 3. The van der Waals surface area contributed by atoms with E-state index in [1.54, 1.807) is 7.05 Å². The average molecular weight is 442 g/mol. The number of carbonyl (C=O) groups is 3. The Balaban J connectivity index is 2.06. The highest BCUT2D eigenvalue weighted by molar-refractivity contribution is 6.02. The first-order valence-corrected chi connectivity index (χ1v) is 11.5. The summed E-state index contributed by atoms with van der Waals surface area (Å²) in [5.41, 5.74) is 2.61. The van der Waals surface area contributed by atoms with Gasteiger partial charge in [0.15, 0.2) is 0 Å². The highest BCUT2D eigenvalue weighted by Gasteiger charge is 2.58. The number of anilines is 1. The fourth-order valence-electron chi connectivity index (χ4n) is 5.38. The minimum Gasteiger partial charge on any atom is -0.394 e. The van der Waals surface area contributed by atoms with Crippen LogP contribution in [-0.2, 0) is 14.4 Å². The first-order valence-electron chi connectivity index (χ1n) is 11.5. The fourth-order valence-corrected chi connectivity index (χ4v) is 5.38. The van der Waals surface area contributed by atoms with E-state index >= 15 is 0 Å². The molecule has 0 unspecified atom stereocenters. The first-order chi connectivity index (χ1) is 15.3. The standard InChI is InChI=1S/C25H35N3O4/c1-6-16-11-12-18-20(19(16)23(30)26-5)25(32)28(17(7-2)13-29)22(18)24(31)27-21-14(3)9-8-10-15(21)4/h8-12,16-20,22,29H,6-7,13H2,1-5H3,(H,26,30)(H,27,31)/t16-,17+,18+,19-,20+,22+/m1/s1. The van der Waals surface area contributed by atoms with Gasteiger partial charge in [-0.2, -0.15) is 0 Å². The summed E-state index contributed by atoms with van der Waals surface area (Å²) in [6.07, 6.45) is 5.16. The summed E-state index contributed by atoms with van der Waals surface area (Å²) < 4.78 is 0. The molecule has 0 aromatic heterocycles. The van der Waals surface area contributed by atoms with Crippen molar-refractivity contribution in [1.82, 2.24) is 10.2 Å². The van der Waals surface area contributed by atoms with Crippen molar-refractivity contribution in [3.8, 4) is 0 Å². The van der Waals surface area contributed by atoms with Crippen LogP contribution in [0.2, 0.25) is 0 Å². The topological polar surface area (TPSA) is 98.7 Å². The summed E-state index contributed by atoms with van der Waals surface area (Å²) >= 11 is 0. The van der Waals surface area contributed by atoms with Crippen LogP contribution in [0.5, 0.6) is 0 Å². The number of likely N-dealkylation sites (tertiary alicyclic amines) is 1. The van der Waals surface area contributed by atoms with Crippen molar-refractivity contribution in [1.29, 1.82) is 0 Å². The van der Waals surface area contributed by atoms with E-state index in [4.69, 9.17) is 0 Å². The van der Waals surface area contributed by atoms with Crippen LogP contribution < -0.4 is 10.6 Å². The largest absolute Gasteiger partial charge is 0.394 e. The number of benzene rings is 1. The summed E-state index contributed by atoms with van der Waals surface area (Å²) in [5.74, 6) is -2.37. The number of allylic oxidation sites excluding steroid dienone is 1. The van der Waals surface area contributed by atoms with E-state index in [1.165, 1.54) is 4.90 Å². The Kier molecular flexibility index (Phi) is 7.39. The van der Waals surface area contributed by atoms with Gasteiger partial charge < -0.3 is 20.6 Å². The minimum atomic E-state index is -0.787. The van der Waals surface area contributed by atoms with Crippen molar-refractivity contribution in [2.75, 3.05) is 19.0 Å². The summed E-state index contributed by atoms with van der Waals surface area (Å²) in [5, 5.41) is 15.8. The third-order valence-electron chi connectivity index (χ3n) is 7.14. The van der Waals surface area contributed by atoms with E-state index in [1.807, 2.05) is 58.0 Å². The predicted octanol–water partition coefficient (Wildman–Crippen LogP) is 2.41. The molecule has 1 fully saturated rings. The van der Waals surface area contributed by atoms with Crippen molar-refractivity contribution >= 4 is 23.4 Å². The molecule has 3 N–H and O–H groups in total. The number of fused-ring (bicyclic) bond motifs is 1. The van der Waals surface area contributed by atoms with Gasteiger partial charge >= 0.3 is 0 Å². The molecule has 1 aliphatic heterocycles. The van der Waals surface area contributed by atoms with Crippen LogP contribution >= 0.6 is 0 Å². The molecule has 1 aliphatic carbocycles. The summed E-state index contributed by atoms with van der Waals surface area (Å²) in [4.78, 5) is 41.7. The summed E-state index contributed by atoms with van der Waals surface area (Å²) in [7, 11) is 1.58. The van der Waals surface area contributed by atoms with Crippen molar-refractivity contribution in [3.05, 3.63) is 41.5 Å². The van der Waals surface area contributed by atoms with Gasteiger partial charge in [0.05, 0.1) is 24.5 Å². The Hall–Kier alpha value is -2.67. The van der Waals surface area contributed by atoms with Gasteiger partial charge in [-0.3, -0.25) is 14.4 Å². The maximum atomic E-state index is 13.7. The number of rotatable bonds is 7. The second-order valence-corrected chi connectivity index (χ2v) is 8.89. The fraction of sp³-hybridized carbons (Fsp3) is 0.560. The number of carbonyl (C=O) groups excluding carboxylic acids is 3. The van der Waals surface area contributed by atoms with Crippen molar-refractivity contribution < 1.29 is 19.5 Å². The average Bonchev–Trinajstić information content (AvgIpc) is 3.08. The maximum absolute atomic E-state index is 13.7. The second kappa shape index (κ2) is 9.86. The number of aliphatic hydroxyl groups excluding tert-OH is 1. The molecule has 6 atom stereocenters. The van der Waals surface area contributed by atoms with E-state index in [0.29, 0.717) is 6.42 Å². The van der Waals surface area contributed by atoms with E-state index in [-0.39, 0.29) is 30.2 Å². The Labute approximate surface area is 190 Å². The number of amides is 3. The molecule has 1 heterocycles. The lowest BCUT2D eigenvalue weighted by atomic mass is 9.69. The van der Waals surface area contributed by atoms with Crippen LogP contribution in [-0.4, -0.2) is 53.5 Å². The minimum absolute atomic E-state index is 0.0726. The van der Waals surface area contributed by atoms with Crippen LogP contribution in [0.1, 0.15) is 37.8 Å². The van der Waals surface area contributed by atoms with Crippen molar-refractivity contribution in [2.24, 2.45) is 23.7 Å². The number of hydrogen-bond acceptors (Lipinski definition) is 4. The van der Waals surface area contributed by atoms with Crippen LogP contribution in [0, 0.1) is 37.5 Å². The molecule has 1 saturated heterocycles. The lowest BCUT2D eigenvalue weighted by molar-refractivity contribution is -0.142. The highest BCUT2D eigenvalue weighted by Crippen LogP contribution is 2.46. The molecule has 2 aliphatic rings. The molecule has 0 spiro atoms. The zero-order valence-corrected chi connectivity index (χ0v) is 19.6. The van der Waals surface area contributed by atoms with Gasteiger partial charge in [-0.1, -0.05) is 44.2 Å². The molecular formula is C25H35N3O4. The van der Waals surface area contributed by atoms with Crippen LogP contribution in [0.3, 0.4) is 0 Å². The SMILES string of the molecule is CC[C@@H](CO)N1C(=O)[C@H]2[C@H](C=C[C@@H](CC)[C@H]2C(=O)NC)[C@H]1C(=O)Nc1c(C)cccc1C. The van der Waals surface area contributed by atoms with E-state index < -0.39 is 29.8 Å². The zero-order chi connectivity index (χ0) is 23.6. The van der Waals surface area contributed by atoms with Gasteiger partial charge in [0.25, 0.3) is 0 Å². The molecule has 32 heavy (non-hydrogen) atoms. The molecule has 7 nitrogen and oxygen atoms in total. The Morgan fingerprint density at radius 1 is 1.12 bits per heavy atom. The molecule has 0 saturated carbocycles. The molecule has 3 amide bonds. The smallest absolute Gasteiger partial charge is 0.247 e. The Morgan fingerprint density at radius 2 is 1.78 bits per heavy atom. The number of para-hydroxylation sites is 1. The highest BCUT2D eigenvalue weighted by atomic mass is 16.3. The van der Waals surface area contributed by atoms with E-state index in [2.05, 4.69) is 10.6 Å². The maximum Gasteiger partial charge on any atom is 0.247 e. The monoisotopic (exact) mass is 441 g/mol. The van der Waals surface area contributed by atoms with Crippen molar-refractivity contribution in [2.45, 2.75) is 52.6 Å². The summed E-state index contributed by atoms with van der Waals surface area (Å²) in [6, 6.07) is 4.52. The molecule has 3 rings (SSSR count). The van der Waals surface area contributed by atoms with Crippen LogP contribution in [0.4, 0.5) is 5.69 Å². The quantitative estimate of drug-likeness (QED) is 0.566. The first kappa shape index (κ1) is 24.0. The second-order valence-electron chi connectivity index (χ2n) is 8.89.